The zero-order chi connectivity index (χ0) is 18.0. The van der Waals surface area contributed by atoms with Crippen LogP contribution >= 0.6 is 27.7 Å². The van der Waals surface area contributed by atoms with E-state index < -0.39 is 10.2 Å². The molecule has 7 nitrogen and oxygen atoms in total. The van der Waals surface area contributed by atoms with Crippen molar-refractivity contribution in [2.75, 3.05) is 17.8 Å². The lowest BCUT2D eigenvalue weighted by atomic mass is 10.0. The highest BCUT2D eigenvalue weighted by Gasteiger charge is 2.27. The molecule has 0 amide bonds. The van der Waals surface area contributed by atoms with Gasteiger partial charge in [-0.25, -0.2) is 0 Å². The zero-order valence-electron chi connectivity index (χ0n) is 14.0. The van der Waals surface area contributed by atoms with E-state index in [1.54, 1.807) is 17.0 Å². The molecule has 1 unspecified atom stereocenters. The first kappa shape index (κ1) is 18.7. The largest absolute Gasteiger partial charge is 0.311 e. The Bertz CT molecular complexity index is 855. The van der Waals surface area contributed by atoms with Gasteiger partial charge in [0.1, 0.15) is 6.33 Å². The number of hydrogen-bond donors (Lipinski definition) is 1. The lowest BCUT2D eigenvalue weighted by Gasteiger charge is -2.30. The SMILES string of the molecule is CC1CCCN(S(=O)(=O)Nc2cc(Br)ccc2Sc2nncn2C)C1. The summed E-state index contributed by atoms with van der Waals surface area (Å²) in [5, 5.41) is 8.59. The van der Waals surface area contributed by atoms with Crippen LogP contribution in [0.3, 0.4) is 0 Å². The Labute approximate surface area is 160 Å². The van der Waals surface area contributed by atoms with Crippen molar-refractivity contribution in [1.29, 1.82) is 0 Å². The van der Waals surface area contributed by atoms with Gasteiger partial charge in [0, 0.05) is 29.5 Å². The van der Waals surface area contributed by atoms with Crippen molar-refractivity contribution < 1.29 is 8.42 Å². The maximum atomic E-state index is 12.8. The average molecular weight is 446 g/mol. The summed E-state index contributed by atoms with van der Waals surface area (Å²) in [5.74, 6) is 0.375. The number of rotatable bonds is 5. The summed E-state index contributed by atoms with van der Waals surface area (Å²) in [6, 6.07) is 5.50. The number of benzene rings is 1. The van der Waals surface area contributed by atoms with E-state index in [0.29, 0.717) is 29.9 Å². The van der Waals surface area contributed by atoms with Crippen molar-refractivity contribution in [3.05, 3.63) is 29.0 Å². The number of piperidine rings is 1. The van der Waals surface area contributed by atoms with Gasteiger partial charge in [-0.3, -0.25) is 4.72 Å². The van der Waals surface area contributed by atoms with E-state index in [1.807, 2.05) is 19.2 Å². The summed E-state index contributed by atoms with van der Waals surface area (Å²) in [7, 11) is -1.74. The van der Waals surface area contributed by atoms with Gasteiger partial charge in [0.2, 0.25) is 0 Å². The van der Waals surface area contributed by atoms with Crippen LogP contribution in [0.15, 0.2) is 39.1 Å². The molecule has 2 heterocycles. The number of aromatic nitrogens is 3. The van der Waals surface area contributed by atoms with Gasteiger partial charge >= 0.3 is 10.2 Å². The molecule has 25 heavy (non-hydrogen) atoms. The fraction of sp³-hybridized carbons (Fsp3) is 0.467. The molecule has 3 rings (SSSR count). The van der Waals surface area contributed by atoms with Crippen LogP contribution in [0, 0.1) is 5.92 Å². The summed E-state index contributed by atoms with van der Waals surface area (Å²) in [6.45, 7) is 3.19. The predicted molar refractivity (Wildman–Crippen MR) is 102 cm³/mol. The maximum absolute atomic E-state index is 12.8. The van der Waals surface area contributed by atoms with E-state index in [-0.39, 0.29) is 0 Å². The van der Waals surface area contributed by atoms with Gasteiger partial charge in [0.25, 0.3) is 0 Å². The second kappa shape index (κ2) is 7.65. The predicted octanol–water partition coefficient (Wildman–Crippen LogP) is 3.12. The molecule has 2 aromatic rings. The smallest absolute Gasteiger partial charge is 0.301 e. The Morgan fingerprint density at radius 2 is 2.20 bits per heavy atom. The molecule has 1 aromatic heterocycles. The van der Waals surface area contributed by atoms with E-state index in [9.17, 15) is 8.42 Å². The number of nitrogens with one attached hydrogen (secondary N) is 1. The normalized spacial score (nSPS) is 19.1. The van der Waals surface area contributed by atoms with Crippen LogP contribution < -0.4 is 4.72 Å². The molecule has 0 saturated carbocycles. The third-order valence-corrected chi connectivity index (χ3v) is 7.12. The van der Waals surface area contributed by atoms with Crippen molar-refractivity contribution >= 4 is 43.6 Å². The van der Waals surface area contributed by atoms with Crippen molar-refractivity contribution in [1.82, 2.24) is 19.1 Å². The second-order valence-electron chi connectivity index (χ2n) is 6.18. The Hall–Kier alpha value is -1.10. The van der Waals surface area contributed by atoms with Crippen molar-refractivity contribution in [3.8, 4) is 0 Å². The third kappa shape index (κ3) is 4.55. The third-order valence-electron chi connectivity index (χ3n) is 4.01. The molecule has 0 spiro atoms. The minimum absolute atomic E-state index is 0.375. The molecular formula is C15H20BrN5O2S2. The van der Waals surface area contributed by atoms with E-state index in [1.165, 1.54) is 16.1 Å². The lowest BCUT2D eigenvalue weighted by molar-refractivity contribution is 0.282. The van der Waals surface area contributed by atoms with Crippen molar-refractivity contribution in [2.24, 2.45) is 13.0 Å². The van der Waals surface area contributed by atoms with Crippen molar-refractivity contribution in [3.63, 3.8) is 0 Å². The highest BCUT2D eigenvalue weighted by atomic mass is 79.9. The van der Waals surface area contributed by atoms with Gasteiger partial charge < -0.3 is 4.57 Å². The van der Waals surface area contributed by atoms with E-state index in [0.717, 1.165) is 22.2 Å². The Morgan fingerprint density at radius 3 is 2.88 bits per heavy atom. The summed E-state index contributed by atoms with van der Waals surface area (Å²) in [5.41, 5.74) is 0.528. The van der Waals surface area contributed by atoms with Gasteiger partial charge in [-0.05, 0) is 48.7 Å². The summed E-state index contributed by atoms with van der Waals surface area (Å²) in [6.07, 6.45) is 3.57. The van der Waals surface area contributed by atoms with E-state index in [4.69, 9.17) is 0 Å². The number of aryl methyl sites for hydroxylation is 1. The molecule has 1 aliphatic rings. The van der Waals surface area contributed by atoms with Gasteiger partial charge in [-0.15, -0.1) is 10.2 Å². The van der Waals surface area contributed by atoms with Crippen LogP contribution in [0.2, 0.25) is 0 Å². The molecule has 0 aliphatic carbocycles. The van der Waals surface area contributed by atoms with Gasteiger partial charge in [0.05, 0.1) is 5.69 Å². The standard InChI is InChI=1S/C15H20BrN5O2S2/c1-11-4-3-7-21(9-11)25(22,23)19-13-8-12(16)5-6-14(13)24-15-18-17-10-20(15)2/h5-6,8,10-11,19H,3-4,7,9H2,1-2H3. The molecule has 1 aromatic carbocycles. The summed E-state index contributed by atoms with van der Waals surface area (Å²) < 4.78 is 32.4. The first-order valence-electron chi connectivity index (χ1n) is 7.94. The molecule has 0 radical (unpaired) electrons. The molecule has 1 aliphatic heterocycles. The van der Waals surface area contributed by atoms with Gasteiger partial charge in [-0.2, -0.15) is 12.7 Å². The molecule has 1 atom stereocenters. The van der Waals surface area contributed by atoms with Crippen LogP contribution in [-0.2, 0) is 17.3 Å². The minimum Gasteiger partial charge on any atom is -0.311 e. The molecular weight excluding hydrogens is 426 g/mol. The van der Waals surface area contributed by atoms with E-state index in [2.05, 4.69) is 37.8 Å². The summed E-state index contributed by atoms with van der Waals surface area (Å²) >= 11 is 4.78. The monoisotopic (exact) mass is 445 g/mol. The van der Waals surface area contributed by atoms with Gasteiger partial charge in [-0.1, -0.05) is 22.9 Å². The van der Waals surface area contributed by atoms with Crippen LogP contribution in [-0.4, -0.2) is 40.6 Å². The molecule has 136 valence electrons. The Balaban J connectivity index is 1.86. The van der Waals surface area contributed by atoms with Crippen LogP contribution in [0.4, 0.5) is 5.69 Å². The topological polar surface area (TPSA) is 80.1 Å². The zero-order valence-corrected chi connectivity index (χ0v) is 17.2. The van der Waals surface area contributed by atoms with Crippen LogP contribution in [0.1, 0.15) is 19.8 Å². The van der Waals surface area contributed by atoms with Crippen molar-refractivity contribution in [2.45, 2.75) is 29.8 Å². The molecule has 1 fully saturated rings. The molecule has 1 saturated heterocycles. The quantitative estimate of drug-likeness (QED) is 0.764. The number of halogens is 1. The first-order chi connectivity index (χ1) is 11.8. The first-order valence-corrected chi connectivity index (χ1v) is 11.0. The average Bonchev–Trinajstić information content (AvgIpc) is 2.95. The molecule has 1 N–H and O–H groups in total. The van der Waals surface area contributed by atoms with Crippen LogP contribution in [0.25, 0.3) is 0 Å². The van der Waals surface area contributed by atoms with E-state index >= 15 is 0 Å². The molecule has 0 bridgehead atoms. The lowest BCUT2D eigenvalue weighted by Crippen LogP contribution is -2.42. The highest BCUT2D eigenvalue weighted by Crippen LogP contribution is 2.35. The minimum atomic E-state index is -3.59. The van der Waals surface area contributed by atoms with Crippen LogP contribution in [0.5, 0.6) is 0 Å². The summed E-state index contributed by atoms with van der Waals surface area (Å²) in [4.78, 5) is 0.771. The number of nitrogens with zero attached hydrogens (tertiary/aromatic N) is 4. The molecule has 10 heteroatoms. The number of anilines is 1. The maximum Gasteiger partial charge on any atom is 0.301 e. The number of hydrogen-bond acceptors (Lipinski definition) is 5. The highest BCUT2D eigenvalue weighted by molar-refractivity contribution is 9.10. The Kier molecular flexibility index (Phi) is 5.71. The fourth-order valence-corrected chi connectivity index (χ4v) is 5.36. The van der Waals surface area contributed by atoms with Gasteiger partial charge in [0.15, 0.2) is 5.16 Å². The Morgan fingerprint density at radius 1 is 1.40 bits per heavy atom. The second-order valence-corrected chi connectivity index (χ2v) is 9.77. The fourth-order valence-electron chi connectivity index (χ4n) is 2.70.